The van der Waals surface area contributed by atoms with E-state index in [-0.39, 0.29) is 17.1 Å². The van der Waals surface area contributed by atoms with E-state index in [0.29, 0.717) is 18.5 Å². The van der Waals surface area contributed by atoms with Gasteiger partial charge in [-0.2, -0.15) is 0 Å². The van der Waals surface area contributed by atoms with E-state index in [0.717, 1.165) is 19.4 Å². The summed E-state index contributed by atoms with van der Waals surface area (Å²) in [5.41, 5.74) is -0.0559. The third-order valence-electron chi connectivity index (χ3n) is 3.56. The van der Waals surface area contributed by atoms with Gasteiger partial charge >= 0.3 is 0 Å². The summed E-state index contributed by atoms with van der Waals surface area (Å²) in [6.07, 6.45) is 2.17. The summed E-state index contributed by atoms with van der Waals surface area (Å²) in [6, 6.07) is 4.80. The van der Waals surface area contributed by atoms with Crippen LogP contribution >= 0.6 is 0 Å². The first-order chi connectivity index (χ1) is 9.08. The Balaban J connectivity index is 1.91. The van der Waals surface area contributed by atoms with Gasteiger partial charge in [-0.15, -0.1) is 0 Å². The molecule has 1 aliphatic rings. The summed E-state index contributed by atoms with van der Waals surface area (Å²) < 4.78 is 0. The van der Waals surface area contributed by atoms with Crippen LogP contribution in [0.4, 0.5) is 0 Å². The number of nitrogens with one attached hydrogen (secondary N) is 2. The molecule has 0 bridgehead atoms. The number of phenolic OH excluding ortho intramolecular Hbond substituents is 2. The zero-order chi connectivity index (χ0) is 13.8. The Bertz CT molecular complexity index is 434. The van der Waals surface area contributed by atoms with Crippen LogP contribution in [0.2, 0.25) is 0 Å². The van der Waals surface area contributed by atoms with E-state index in [4.69, 9.17) is 0 Å². The summed E-state index contributed by atoms with van der Waals surface area (Å²) in [4.78, 5) is 11.9. The molecule has 2 atom stereocenters. The molecule has 2 unspecified atom stereocenters. The van der Waals surface area contributed by atoms with E-state index >= 15 is 0 Å². The summed E-state index contributed by atoms with van der Waals surface area (Å²) in [5, 5.41) is 25.3. The molecule has 1 amide bonds. The number of carbonyl (C=O) groups is 1. The summed E-state index contributed by atoms with van der Waals surface area (Å²) in [5.74, 6) is -0.442. The molecular formula is C14H20N2O3. The second-order valence-electron chi connectivity index (χ2n) is 5.13. The minimum Gasteiger partial charge on any atom is -0.507 e. The van der Waals surface area contributed by atoms with Crippen LogP contribution in [0.5, 0.6) is 11.5 Å². The third-order valence-corrected chi connectivity index (χ3v) is 3.56. The quantitative estimate of drug-likeness (QED) is 0.661. The van der Waals surface area contributed by atoms with Crippen LogP contribution in [-0.2, 0) is 0 Å². The van der Waals surface area contributed by atoms with Gasteiger partial charge in [-0.1, -0.05) is 6.07 Å². The zero-order valence-corrected chi connectivity index (χ0v) is 11.0. The highest BCUT2D eigenvalue weighted by Gasteiger charge is 2.20. The maximum absolute atomic E-state index is 11.9. The smallest absolute Gasteiger partial charge is 0.258 e. The fourth-order valence-electron chi connectivity index (χ4n) is 2.32. The predicted octanol–water partition coefficient (Wildman–Crippen LogP) is 1.22. The highest BCUT2D eigenvalue weighted by atomic mass is 16.3. The van der Waals surface area contributed by atoms with Crippen molar-refractivity contribution >= 4 is 5.91 Å². The molecule has 4 N–H and O–H groups in total. The number of benzene rings is 1. The third kappa shape index (κ3) is 3.38. The molecule has 1 fully saturated rings. The Morgan fingerprint density at radius 3 is 2.63 bits per heavy atom. The molecule has 104 valence electrons. The van der Waals surface area contributed by atoms with Gasteiger partial charge in [-0.3, -0.25) is 4.79 Å². The Morgan fingerprint density at radius 2 is 2.05 bits per heavy atom. The minimum atomic E-state index is -0.436. The fraction of sp³-hybridized carbons (Fsp3) is 0.500. The van der Waals surface area contributed by atoms with Crippen LogP contribution in [0.1, 0.15) is 30.1 Å². The standard InChI is InChI=1S/C14H20N2O3/c1-9-5-6-10(7-15-9)8-16-14(19)13-11(17)3-2-4-12(13)18/h2-4,9-10,15,17-18H,5-8H2,1H3,(H,16,19). The number of carbonyl (C=O) groups excluding carboxylic acids is 1. The van der Waals surface area contributed by atoms with Crippen LogP contribution < -0.4 is 10.6 Å². The van der Waals surface area contributed by atoms with E-state index in [1.54, 1.807) is 0 Å². The molecule has 0 aliphatic carbocycles. The lowest BCUT2D eigenvalue weighted by atomic mass is 9.95. The predicted molar refractivity (Wildman–Crippen MR) is 72.3 cm³/mol. The number of hydrogen-bond donors (Lipinski definition) is 4. The average molecular weight is 264 g/mol. The zero-order valence-electron chi connectivity index (χ0n) is 11.0. The molecule has 1 aromatic carbocycles. The Hall–Kier alpha value is -1.75. The molecule has 1 aliphatic heterocycles. The molecular weight excluding hydrogens is 244 g/mol. The van der Waals surface area contributed by atoms with Crippen molar-refractivity contribution in [3.05, 3.63) is 23.8 Å². The second kappa shape index (κ2) is 5.93. The number of rotatable bonds is 3. The highest BCUT2D eigenvalue weighted by Crippen LogP contribution is 2.26. The molecule has 1 saturated heterocycles. The maximum Gasteiger partial charge on any atom is 0.258 e. The second-order valence-corrected chi connectivity index (χ2v) is 5.13. The van der Waals surface area contributed by atoms with Gasteiger partial charge in [0.25, 0.3) is 5.91 Å². The van der Waals surface area contributed by atoms with Gasteiger partial charge in [-0.25, -0.2) is 0 Å². The van der Waals surface area contributed by atoms with E-state index < -0.39 is 5.91 Å². The number of aromatic hydroxyl groups is 2. The summed E-state index contributed by atoms with van der Waals surface area (Å²) >= 11 is 0. The molecule has 0 radical (unpaired) electrons. The number of hydrogen-bond acceptors (Lipinski definition) is 4. The fourth-order valence-corrected chi connectivity index (χ4v) is 2.32. The largest absolute Gasteiger partial charge is 0.507 e. The first kappa shape index (κ1) is 13.7. The van der Waals surface area contributed by atoms with Gasteiger partial charge in [0.15, 0.2) is 0 Å². The Kier molecular flexibility index (Phi) is 4.27. The molecule has 0 aromatic heterocycles. The van der Waals surface area contributed by atoms with Crippen molar-refractivity contribution in [2.45, 2.75) is 25.8 Å². The van der Waals surface area contributed by atoms with Gasteiger partial charge in [-0.05, 0) is 44.4 Å². The van der Waals surface area contributed by atoms with E-state index in [1.807, 2.05) is 0 Å². The number of amides is 1. The van der Waals surface area contributed by atoms with Crippen molar-refractivity contribution < 1.29 is 15.0 Å². The van der Waals surface area contributed by atoms with Gasteiger partial charge < -0.3 is 20.8 Å². The maximum atomic E-state index is 11.9. The van der Waals surface area contributed by atoms with E-state index in [9.17, 15) is 15.0 Å². The topological polar surface area (TPSA) is 81.6 Å². The van der Waals surface area contributed by atoms with Gasteiger partial charge in [0, 0.05) is 12.6 Å². The van der Waals surface area contributed by atoms with Crippen LogP contribution in [0.25, 0.3) is 0 Å². The van der Waals surface area contributed by atoms with E-state index in [1.165, 1.54) is 18.2 Å². The number of piperidine rings is 1. The lowest BCUT2D eigenvalue weighted by Crippen LogP contribution is -2.41. The van der Waals surface area contributed by atoms with E-state index in [2.05, 4.69) is 17.6 Å². The van der Waals surface area contributed by atoms with Crippen molar-refractivity contribution in [3.63, 3.8) is 0 Å². The van der Waals surface area contributed by atoms with Gasteiger partial charge in [0.2, 0.25) is 0 Å². The van der Waals surface area contributed by atoms with Crippen molar-refractivity contribution in [1.82, 2.24) is 10.6 Å². The van der Waals surface area contributed by atoms with Crippen LogP contribution in [0.3, 0.4) is 0 Å². The molecule has 1 heterocycles. The minimum absolute atomic E-state index is 0.0559. The summed E-state index contributed by atoms with van der Waals surface area (Å²) in [7, 11) is 0. The lowest BCUT2D eigenvalue weighted by molar-refractivity contribution is 0.0938. The molecule has 1 aromatic rings. The Labute approximate surface area is 112 Å². The van der Waals surface area contributed by atoms with Gasteiger partial charge in [0.05, 0.1) is 0 Å². The molecule has 5 nitrogen and oxygen atoms in total. The first-order valence-electron chi connectivity index (χ1n) is 6.60. The van der Waals surface area contributed by atoms with Crippen molar-refractivity contribution in [3.8, 4) is 11.5 Å². The highest BCUT2D eigenvalue weighted by molar-refractivity contribution is 5.99. The van der Waals surface area contributed by atoms with Crippen LogP contribution in [-0.4, -0.2) is 35.3 Å². The SMILES string of the molecule is CC1CCC(CNC(=O)c2c(O)cccc2O)CN1. The molecule has 0 saturated carbocycles. The lowest BCUT2D eigenvalue weighted by Gasteiger charge is -2.27. The molecule has 19 heavy (non-hydrogen) atoms. The monoisotopic (exact) mass is 264 g/mol. The van der Waals surface area contributed by atoms with Crippen LogP contribution in [0.15, 0.2) is 18.2 Å². The molecule has 2 rings (SSSR count). The van der Waals surface area contributed by atoms with Crippen molar-refractivity contribution in [2.24, 2.45) is 5.92 Å². The molecule has 5 heteroatoms. The average Bonchev–Trinajstić information content (AvgIpc) is 2.38. The normalized spacial score (nSPS) is 23.0. The van der Waals surface area contributed by atoms with Crippen molar-refractivity contribution in [1.29, 1.82) is 0 Å². The number of phenols is 2. The van der Waals surface area contributed by atoms with Crippen molar-refractivity contribution in [2.75, 3.05) is 13.1 Å². The van der Waals surface area contributed by atoms with Crippen LogP contribution in [0, 0.1) is 5.92 Å². The van der Waals surface area contributed by atoms with Gasteiger partial charge in [0.1, 0.15) is 17.1 Å². The Morgan fingerprint density at radius 1 is 1.37 bits per heavy atom. The summed E-state index contributed by atoms with van der Waals surface area (Å²) in [6.45, 7) is 3.58. The molecule has 0 spiro atoms. The first-order valence-corrected chi connectivity index (χ1v) is 6.60.